The summed E-state index contributed by atoms with van der Waals surface area (Å²) in [6.07, 6.45) is -1.10. The van der Waals surface area contributed by atoms with Gasteiger partial charge in [0.15, 0.2) is 6.10 Å². The molecule has 0 aliphatic carbocycles. The van der Waals surface area contributed by atoms with Gasteiger partial charge >= 0.3 is 5.97 Å². The number of benzene rings is 2. The van der Waals surface area contributed by atoms with Crippen LogP contribution < -0.4 is 16.2 Å². The Balaban J connectivity index is 2.00. The van der Waals surface area contributed by atoms with E-state index in [1.54, 1.807) is 0 Å². The lowest BCUT2D eigenvalue weighted by molar-refractivity contribution is -0.123. The lowest BCUT2D eigenvalue weighted by Gasteiger charge is -2.14. The van der Waals surface area contributed by atoms with E-state index in [-0.39, 0.29) is 16.1 Å². The summed E-state index contributed by atoms with van der Waals surface area (Å²) in [5.74, 6) is -1.33. The zero-order chi connectivity index (χ0) is 19.5. The fourth-order valence-corrected chi connectivity index (χ4v) is 2.56. The molecule has 0 saturated carbocycles. The molecule has 1 unspecified atom stereocenters. The Labute approximate surface area is 155 Å². The van der Waals surface area contributed by atoms with Gasteiger partial charge in [-0.15, -0.1) is 0 Å². The molecule has 0 fully saturated rings. The van der Waals surface area contributed by atoms with Crippen molar-refractivity contribution in [3.63, 3.8) is 0 Å². The van der Waals surface area contributed by atoms with E-state index in [0.29, 0.717) is 10.7 Å². The number of amides is 1. The zero-order valence-electron chi connectivity index (χ0n) is 13.6. The number of carbonyl (C=O) groups is 2. The van der Waals surface area contributed by atoms with E-state index in [4.69, 9.17) is 27.2 Å². The maximum absolute atomic E-state index is 12.1. The van der Waals surface area contributed by atoms with Gasteiger partial charge in [-0.2, -0.15) is 0 Å². The molecule has 2 aromatic carbocycles. The molecule has 2 aromatic rings. The van der Waals surface area contributed by atoms with Crippen molar-refractivity contribution in [3.8, 4) is 0 Å². The minimum Gasteiger partial charge on any atom is -0.449 e. The molecule has 0 radical (unpaired) electrons. The maximum Gasteiger partial charge on any atom is 0.338 e. The Morgan fingerprint density at radius 1 is 1.15 bits per heavy atom. The topological polar surface area (TPSA) is 142 Å². The van der Waals surface area contributed by atoms with E-state index >= 15 is 0 Å². The van der Waals surface area contributed by atoms with Crippen LogP contribution in [0.2, 0.25) is 5.02 Å². The van der Waals surface area contributed by atoms with Crippen LogP contribution in [0, 0.1) is 0 Å². The molecule has 0 heterocycles. The standard InChI is InChI=1S/C16H16ClN3O5S/c1-9(25-16(22)10-2-7-13(17)14(18)8-10)15(21)20-11-3-5-12(6-4-11)26(19,23)24/h2-9H,18H2,1H3,(H,20,21)(H2,19,23,24). The van der Waals surface area contributed by atoms with Crippen LogP contribution in [0.1, 0.15) is 17.3 Å². The highest BCUT2D eigenvalue weighted by Gasteiger charge is 2.20. The summed E-state index contributed by atoms with van der Waals surface area (Å²) >= 11 is 5.78. The number of halogens is 1. The normalized spacial score (nSPS) is 12.3. The molecular weight excluding hydrogens is 382 g/mol. The summed E-state index contributed by atoms with van der Waals surface area (Å²) in [6.45, 7) is 1.39. The predicted octanol–water partition coefficient (Wildman–Crippen LogP) is 1.75. The lowest BCUT2D eigenvalue weighted by Crippen LogP contribution is -2.30. The molecule has 0 aliphatic rings. The first-order chi connectivity index (χ1) is 12.1. The van der Waals surface area contributed by atoms with E-state index < -0.39 is 28.0 Å². The second kappa shape index (κ2) is 7.73. The number of nitrogen functional groups attached to an aromatic ring is 1. The molecule has 2 rings (SSSR count). The number of primary sulfonamides is 1. The summed E-state index contributed by atoms with van der Waals surface area (Å²) in [4.78, 5) is 24.1. The number of sulfonamides is 1. The van der Waals surface area contributed by atoms with Crippen molar-refractivity contribution in [2.75, 3.05) is 11.1 Å². The number of rotatable bonds is 5. The van der Waals surface area contributed by atoms with Gasteiger partial charge in [0.1, 0.15) is 0 Å². The van der Waals surface area contributed by atoms with Crippen LogP contribution in [0.4, 0.5) is 11.4 Å². The highest BCUT2D eigenvalue weighted by molar-refractivity contribution is 7.89. The SMILES string of the molecule is CC(OC(=O)c1ccc(Cl)c(N)c1)C(=O)Nc1ccc(S(N)(=O)=O)cc1. The molecule has 8 nitrogen and oxygen atoms in total. The van der Waals surface area contributed by atoms with Crippen molar-refractivity contribution in [1.29, 1.82) is 0 Å². The number of nitrogens with one attached hydrogen (secondary N) is 1. The average Bonchev–Trinajstić information content (AvgIpc) is 2.56. The van der Waals surface area contributed by atoms with Crippen molar-refractivity contribution >= 4 is 44.9 Å². The minimum atomic E-state index is -3.82. The molecule has 0 saturated heterocycles. The van der Waals surface area contributed by atoms with E-state index in [1.165, 1.54) is 49.4 Å². The zero-order valence-corrected chi connectivity index (χ0v) is 15.2. The van der Waals surface area contributed by atoms with Gasteiger partial charge in [-0.1, -0.05) is 11.6 Å². The van der Waals surface area contributed by atoms with Crippen LogP contribution in [0.3, 0.4) is 0 Å². The minimum absolute atomic E-state index is 0.0877. The number of ether oxygens (including phenoxy) is 1. The number of hydrogen-bond acceptors (Lipinski definition) is 6. The fraction of sp³-hybridized carbons (Fsp3) is 0.125. The predicted molar refractivity (Wildman–Crippen MR) is 97.2 cm³/mol. The molecule has 1 atom stereocenters. The van der Waals surface area contributed by atoms with Crippen LogP contribution in [0.5, 0.6) is 0 Å². The maximum atomic E-state index is 12.1. The number of hydrogen-bond donors (Lipinski definition) is 3. The monoisotopic (exact) mass is 397 g/mol. The number of anilines is 2. The second-order valence-corrected chi connectivity index (χ2v) is 7.31. The number of carbonyl (C=O) groups excluding carboxylic acids is 2. The Bertz CT molecular complexity index is 945. The van der Waals surface area contributed by atoms with Gasteiger partial charge in [0.2, 0.25) is 10.0 Å². The molecule has 0 aromatic heterocycles. The van der Waals surface area contributed by atoms with Gasteiger partial charge in [-0.3, -0.25) is 4.79 Å². The Morgan fingerprint density at radius 3 is 2.31 bits per heavy atom. The van der Waals surface area contributed by atoms with Gasteiger partial charge in [0.05, 0.1) is 21.2 Å². The van der Waals surface area contributed by atoms with Gasteiger partial charge in [0, 0.05) is 5.69 Å². The lowest BCUT2D eigenvalue weighted by atomic mass is 10.2. The van der Waals surface area contributed by atoms with Crippen LogP contribution in [-0.2, 0) is 19.6 Å². The van der Waals surface area contributed by atoms with Gasteiger partial charge in [0.25, 0.3) is 5.91 Å². The smallest absolute Gasteiger partial charge is 0.338 e. The first kappa shape index (κ1) is 19.7. The van der Waals surface area contributed by atoms with Crippen LogP contribution in [0.25, 0.3) is 0 Å². The molecule has 0 bridgehead atoms. The third-order valence-corrected chi connectivity index (χ3v) is 4.61. The third kappa shape index (κ3) is 4.94. The number of nitrogens with two attached hydrogens (primary N) is 2. The Hall–Kier alpha value is -2.62. The molecule has 10 heteroatoms. The first-order valence-electron chi connectivity index (χ1n) is 7.27. The van der Waals surface area contributed by atoms with E-state index in [1.807, 2.05) is 0 Å². The summed E-state index contributed by atoms with van der Waals surface area (Å²) in [7, 11) is -3.82. The van der Waals surface area contributed by atoms with Crippen LogP contribution in [-0.4, -0.2) is 26.4 Å². The van der Waals surface area contributed by atoms with Crippen molar-refractivity contribution in [2.24, 2.45) is 5.14 Å². The van der Waals surface area contributed by atoms with Crippen molar-refractivity contribution in [1.82, 2.24) is 0 Å². The highest BCUT2D eigenvalue weighted by Crippen LogP contribution is 2.20. The number of esters is 1. The summed E-state index contributed by atoms with van der Waals surface area (Å²) < 4.78 is 27.5. The van der Waals surface area contributed by atoms with Crippen LogP contribution >= 0.6 is 11.6 Å². The summed E-state index contributed by atoms with van der Waals surface area (Å²) in [5.41, 5.74) is 6.32. The highest BCUT2D eigenvalue weighted by atomic mass is 35.5. The van der Waals surface area contributed by atoms with E-state index in [0.717, 1.165) is 0 Å². The van der Waals surface area contributed by atoms with Gasteiger partial charge < -0.3 is 15.8 Å². The Kier molecular flexibility index (Phi) is 5.86. The van der Waals surface area contributed by atoms with Crippen LogP contribution in [0.15, 0.2) is 47.4 Å². The summed E-state index contributed by atoms with van der Waals surface area (Å²) in [5, 5.41) is 7.80. The molecule has 1 amide bonds. The van der Waals surface area contributed by atoms with Gasteiger partial charge in [-0.05, 0) is 49.4 Å². The molecule has 138 valence electrons. The average molecular weight is 398 g/mol. The van der Waals surface area contributed by atoms with E-state index in [9.17, 15) is 18.0 Å². The quantitative estimate of drug-likeness (QED) is 0.518. The van der Waals surface area contributed by atoms with Crippen molar-refractivity contribution < 1.29 is 22.7 Å². The van der Waals surface area contributed by atoms with E-state index in [2.05, 4.69) is 5.32 Å². The molecule has 0 aliphatic heterocycles. The Morgan fingerprint density at radius 2 is 1.77 bits per heavy atom. The second-order valence-electron chi connectivity index (χ2n) is 5.34. The first-order valence-corrected chi connectivity index (χ1v) is 9.20. The van der Waals surface area contributed by atoms with Crippen molar-refractivity contribution in [3.05, 3.63) is 53.1 Å². The molecule has 0 spiro atoms. The summed E-state index contributed by atoms with van der Waals surface area (Å²) in [6, 6.07) is 9.46. The molecular formula is C16H16ClN3O5S. The van der Waals surface area contributed by atoms with Gasteiger partial charge in [-0.25, -0.2) is 18.4 Å². The third-order valence-electron chi connectivity index (χ3n) is 3.34. The largest absolute Gasteiger partial charge is 0.449 e. The van der Waals surface area contributed by atoms with Crippen molar-refractivity contribution in [2.45, 2.75) is 17.9 Å². The fourth-order valence-electron chi connectivity index (χ4n) is 1.92. The molecule has 26 heavy (non-hydrogen) atoms. The molecule has 5 N–H and O–H groups in total.